The quantitative estimate of drug-likeness (QED) is 0.627. The lowest BCUT2D eigenvalue weighted by Crippen LogP contribution is -1.82. The molecule has 1 aromatic carbocycles. The van der Waals surface area contributed by atoms with Gasteiger partial charge in [0, 0.05) is 10.0 Å². The molecule has 14 heavy (non-hydrogen) atoms. The van der Waals surface area contributed by atoms with Gasteiger partial charge in [0.15, 0.2) is 0 Å². The molecule has 0 amide bonds. The van der Waals surface area contributed by atoms with Crippen LogP contribution >= 0.6 is 34.8 Å². The Hall–Kier alpha value is -0.170. The number of rotatable bonds is 1. The second-order valence-corrected chi connectivity index (χ2v) is 4.77. The van der Waals surface area contributed by atoms with Crippen molar-refractivity contribution < 1.29 is 0 Å². The molecule has 0 nitrogen and oxygen atoms in total. The van der Waals surface area contributed by atoms with E-state index in [0.717, 1.165) is 23.4 Å². The summed E-state index contributed by atoms with van der Waals surface area (Å²) in [5, 5.41) is 1.59. The fraction of sp³-hybridized carbons (Fsp3) is 0.273. The summed E-state index contributed by atoms with van der Waals surface area (Å²) < 4.78 is 0. The molecule has 0 N–H and O–H groups in total. The van der Waals surface area contributed by atoms with Crippen molar-refractivity contribution in [2.24, 2.45) is 0 Å². The Morgan fingerprint density at radius 3 is 2.64 bits per heavy atom. The Balaban J connectivity index is 2.41. The molecule has 0 saturated carbocycles. The molecule has 0 radical (unpaired) electrons. The van der Waals surface area contributed by atoms with E-state index in [-0.39, 0.29) is 5.38 Å². The lowest BCUT2D eigenvalue weighted by molar-refractivity contribution is 0.942. The first-order valence-electron chi connectivity index (χ1n) is 4.47. The summed E-state index contributed by atoms with van der Waals surface area (Å²) in [6.45, 7) is 0. The molecule has 0 aliphatic heterocycles. The van der Waals surface area contributed by atoms with Crippen LogP contribution in [-0.4, -0.2) is 5.38 Å². The predicted molar refractivity (Wildman–Crippen MR) is 63.3 cm³/mol. The highest BCUT2D eigenvalue weighted by Gasteiger charge is 2.16. The third-order valence-corrected chi connectivity index (χ3v) is 3.25. The molecule has 2 rings (SSSR count). The van der Waals surface area contributed by atoms with Gasteiger partial charge in [-0.25, -0.2) is 0 Å². The number of halogens is 3. The lowest BCUT2D eigenvalue weighted by atomic mass is 10.1. The van der Waals surface area contributed by atoms with Crippen LogP contribution in [0.4, 0.5) is 0 Å². The smallest absolute Gasteiger partial charge is 0.0525 e. The number of alkyl halides is 1. The van der Waals surface area contributed by atoms with Crippen molar-refractivity contribution >= 4 is 40.4 Å². The van der Waals surface area contributed by atoms with Gasteiger partial charge in [-0.05, 0) is 42.2 Å². The van der Waals surface area contributed by atoms with E-state index in [0.29, 0.717) is 5.02 Å². The summed E-state index contributed by atoms with van der Waals surface area (Å²) in [5.74, 6) is 0. The van der Waals surface area contributed by atoms with Crippen LogP contribution in [0.2, 0.25) is 10.0 Å². The first-order valence-corrected chi connectivity index (χ1v) is 5.66. The molecular weight excluding hydrogens is 238 g/mol. The molecule has 1 atom stereocenters. The molecule has 1 aromatic rings. The third-order valence-electron chi connectivity index (χ3n) is 2.35. The van der Waals surface area contributed by atoms with Crippen molar-refractivity contribution in [1.29, 1.82) is 0 Å². The van der Waals surface area contributed by atoms with Crippen LogP contribution in [0.15, 0.2) is 24.3 Å². The molecule has 74 valence electrons. The maximum Gasteiger partial charge on any atom is 0.0525 e. The largest absolute Gasteiger partial charge is 0.118 e. The Labute approximate surface area is 98.5 Å². The zero-order valence-electron chi connectivity index (χ0n) is 7.43. The van der Waals surface area contributed by atoms with Crippen LogP contribution in [0.25, 0.3) is 5.57 Å². The zero-order chi connectivity index (χ0) is 10.1. The van der Waals surface area contributed by atoms with Gasteiger partial charge in [-0.1, -0.05) is 29.3 Å². The number of hydrogen-bond donors (Lipinski definition) is 0. The fourth-order valence-electron chi connectivity index (χ4n) is 1.65. The Morgan fingerprint density at radius 2 is 2.00 bits per heavy atom. The first kappa shape index (κ1) is 10.4. The average Bonchev–Trinajstić information content (AvgIpc) is 2.56. The average molecular weight is 248 g/mol. The highest BCUT2D eigenvalue weighted by Crippen LogP contribution is 2.35. The third kappa shape index (κ3) is 2.08. The van der Waals surface area contributed by atoms with E-state index < -0.39 is 0 Å². The topological polar surface area (TPSA) is 0 Å². The highest BCUT2D eigenvalue weighted by molar-refractivity contribution is 6.34. The molecule has 3 heteroatoms. The van der Waals surface area contributed by atoms with E-state index in [9.17, 15) is 0 Å². The molecule has 0 heterocycles. The van der Waals surface area contributed by atoms with Gasteiger partial charge in [0.1, 0.15) is 0 Å². The summed E-state index contributed by atoms with van der Waals surface area (Å²) in [4.78, 5) is 0. The number of hydrogen-bond acceptors (Lipinski definition) is 0. The fourth-order valence-corrected chi connectivity index (χ4v) is 2.32. The van der Waals surface area contributed by atoms with Crippen LogP contribution in [0.1, 0.15) is 18.4 Å². The van der Waals surface area contributed by atoms with E-state index in [1.165, 1.54) is 5.57 Å². The first-order chi connectivity index (χ1) is 6.66. The second-order valence-electron chi connectivity index (χ2n) is 3.37. The molecular formula is C11H9Cl3. The minimum absolute atomic E-state index is 0.139. The SMILES string of the molecule is Clc1ccc(Cl)c(C2=CC(Cl)CC2)c1. The van der Waals surface area contributed by atoms with Gasteiger partial charge in [0.25, 0.3) is 0 Å². The molecule has 0 aromatic heterocycles. The van der Waals surface area contributed by atoms with Crippen LogP contribution in [0, 0.1) is 0 Å². The van der Waals surface area contributed by atoms with Gasteiger partial charge in [0.2, 0.25) is 0 Å². The summed E-state index contributed by atoms with van der Waals surface area (Å²) >= 11 is 18.0. The van der Waals surface area contributed by atoms with E-state index in [1.54, 1.807) is 6.07 Å². The molecule has 1 unspecified atom stereocenters. The van der Waals surface area contributed by atoms with Crippen molar-refractivity contribution in [3.05, 3.63) is 39.9 Å². The number of allylic oxidation sites excluding steroid dienone is 2. The van der Waals surface area contributed by atoms with Crippen molar-refractivity contribution in [3.8, 4) is 0 Å². The highest BCUT2D eigenvalue weighted by atomic mass is 35.5. The normalized spacial score (nSPS) is 21.1. The zero-order valence-corrected chi connectivity index (χ0v) is 9.70. The van der Waals surface area contributed by atoms with E-state index in [2.05, 4.69) is 6.08 Å². The predicted octanol–water partition coefficient (Wildman–Crippen LogP) is 4.78. The van der Waals surface area contributed by atoms with Gasteiger partial charge >= 0.3 is 0 Å². The van der Waals surface area contributed by atoms with Gasteiger partial charge in [-0.15, -0.1) is 11.6 Å². The van der Waals surface area contributed by atoms with Crippen LogP contribution in [0.3, 0.4) is 0 Å². The Kier molecular flexibility index (Phi) is 3.06. The maximum absolute atomic E-state index is 6.08. The lowest BCUT2D eigenvalue weighted by Gasteiger charge is -2.05. The molecule has 1 aliphatic rings. The molecule has 0 fully saturated rings. The van der Waals surface area contributed by atoms with Gasteiger partial charge < -0.3 is 0 Å². The maximum atomic E-state index is 6.08. The monoisotopic (exact) mass is 246 g/mol. The summed E-state index contributed by atoms with van der Waals surface area (Å²) in [6.07, 6.45) is 4.02. The van der Waals surface area contributed by atoms with Crippen molar-refractivity contribution in [2.45, 2.75) is 18.2 Å². The van der Waals surface area contributed by atoms with Gasteiger partial charge in [-0.3, -0.25) is 0 Å². The molecule has 0 bridgehead atoms. The minimum Gasteiger partial charge on any atom is -0.118 e. The summed E-state index contributed by atoms with van der Waals surface area (Å²) in [7, 11) is 0. The van der Waals surface area contributed by atoms with Crippen molar-refractivity contribution in [1.82, 2.24) is 0 Å². The van der Waals surface area contributed by atoms with Gasteiger partial charge in [-0.2, -0.15) is 0 Å². The second kappa shape index (κ2) is 4.14. The minimum atomic E-state index is 0.139. The van der Waals surface area contributed by atoms with E-state index in [1.807, 2.05) is 12.1 Å². The Morgan fingerprint density at radius 1 is 1.21 bits per heavy atom. The van der Waals surface area contributed by atoms with Crippen LogP contribution in [0.5, 0.6) is 0 Å². The summed E-state index contributed by atoms with van der Waals surface area (Å²) in [6, 6.07) is 5.51. The van der Waals surface area contributed by atoms with Gasteiger partial charge in [0.05, 0.1) is 5.38 Å². The number of benzene rings is 1. The standard InChI is InChI=1S/C11H9Cl3/c12-8-2-1-7(5-8)10-6-9(13)3-4-11(10)14/h3-6,8H,1-2H2. The van der Waals surface area contributed by atoms with Crippen LogP contribution in [-0.2, 0) is 0 Å². The Bertz CT molecular complexity index is 382. The van der Waals surface area contributed by atoms with Crippen LogP contribution < -0.4 is 0 Å². The van der Waals surface area contributed by atoms with E-state index in [4.69, 9.17) is 34.8 Å². The molecule has 1 aliphatic carbocycles. The summed E-state index contributed by atoms with van der Waals surface area (Å²) in [5.41, 5.74) is 2.22. The van der Waals surface area contributed by atoms with Crippen molar-refractivity contribution in [2.75, 3.05) is 0 Å². The molecule has 0 saturated heterocycles. The molecule has 0 spiro atoms. The van der Waals surface area contributed by atoms with E-state index >= 15 is 0 Å². The van der Waals surface area contributed by atoms with Crippen molar-refractivity contribution in [3.63, 3.8) is 0 Å².